The van der Waals surface area contributed by atoms with Gasteiger partial charge in [-0.05, 0) is 48.4 Å². The average molecular weight is 604 g/mol. The van der Waals surface area contributed by atoms with Crippen molar-refractivity contribution < 1.29 is 46.9 Å². The van der Waals surface area contributed by atoms with Crippen molar-refractivity contribution in [2.24, 2.45) is 0 Å². The molecule has 2 rings (SSSR count). The van der Waals surface area contributed by atoms with Crippen molar-refractivity contribution in [1.29, 1.82) is 0 Å². The van der Waals surface area contributed by atoms with Crippen molar-refractivity contribution in [3.8, 4) is 5.75 Å². The van der Waals surface area contributed by atoms with Gasteiger partial charge in [0.15, 0.2) is 0 Å². The zero-order chi connectivity index (χ0) is 31.5. The SMILES string of the molecule is C=CCOC(=O)CC[C@H](NC(=O)Nc1ccc(COC(=O)Oc2ccc(N(CCF)CCF)cc2)cc1)C(=O)OCC=C. The second-order valence-electron chi connectivity index (χ2n) is 8.78. The second-order valence-corrected chi connectivity index (χ2v) is 8.78. The highest BCUT2D eigenvalue weighted by atomic mass is 19.1. The molecule has 0 aliphatic carbocycles. The van der Waals surface area contributed by atoms with Crippen molar-refractivity contribution in [3.63, 3.8) is 0 Å². The van der Waals surface area contributed by atoms with Crippen LogP contribution in [0.5, 0.6) is 5.75 Å². The molecule has 0 fully saturated rings. The van der Waals surface area contributed by atoms with Gasteiger partial charge in [0.1, 0.15) is 45.0 Å². The molecule has 0 radical (unpaired) electrons. The number of carbonyl (C=O) groups is 4. The first kappa shape index (κ1) is 34.3. The van der Waals surface area contributed by atoms with Gasteiger partial charge in [0.25, 0.3) is 0 Å². The van der Waals surface area contributed by atoms with E-state index in [0.717, 1.165) is 0 Å². The quantitative estimate of drug-likeness (QED) is 0.106. The Kier molecular flexibility index (Phi) is 15.3. The Hall–Kier alpha value is -4.94. The fourth-order valence-corrected chi connectivity index (χ4v) is 3.55. The maximum Gasteiger partial charge on any atom is 0.514 e. The van der Waals surface area contributed by atoms with Crippen LogP contribution in [0.2, 0.25) is 0 Å². The summed E-state index contributed by atoms with van der Waals surface area (Å²) in [6.07, 6.45) is 1.64. The van der Waals surface area contributed by atoms with E-state index in [0.29, 0.717) is 16.9 Å². The third-order valence-corrected chi connectivity index (χ3v) is 5.61. The first-order valence-electron chi connectivity index (χ1n) is 13.3. The lowest BCUT2D eigenvalue weighted by Gasteiger charge is -2.22. The Labute approximate surface area is 248 Å². The molecule has 2 N–H and O–H groups in total. The van der Waals surface area contributed by atoms with Crippen LogP contribution in [0.25, 0.3) is 0 Å². The topological polar surface area (TPSA) is 132 Å². The number of halogens is 2. The molecule has 43 heavy (non-hydrogen) atoms. The number of esters is 2. The lowest BCUT2D eigenvalue weighted by molar-refractivity contribution is -0.146. The average Bonchev–Trinajstić information content (AvgIpc) is 3.00. The third-order valence-electron chi connectivity index (χ3n) is 5.61. The highest BCUT2D eigenvalue weighted by Gasteiger charge is 2.23. The number of rotatable bonds is 18. The number of hydrogen-bond donors (Lipinski definition) is 2. The van der Waals surface area contributed by atoms with E-state index in [9.17, 15) is 28.0 Å². The molecule has 1 atom stereocenters. The van der Waals surface area contributed by atoms with Gasteiger partial charge in [-0.3, -0.25) is 4.79 Å². The van der Waals surface area contributed by atoms with Crippen LogP contribution in [0.15, 0.2) is 73.8 Å². The van der Waals surface area contributed by atoms with E-state index >= 15 is 0 Å². The fourth-order valence-electron chi connectivity index (χ4n) is 3.55. The number of benzene rings is 2. The first-order valence-corrected chi connectivity index (χ1v) is 13.3. The van der Waals surface area contributed by atoms with Crippen molar-refractivity contribution in [1.82, 2.24) is 5.32 Å². The van der Waals surface area contributed by atoms with Gasteiger partial charge in [0, 0.05) is 30.9 Å². The van der Waals surface area contributed by atoms with Crippen molar-refractivity contribution >= 4 is 35.5 Å². The number of urea groups is 1. The van der Waals surface area contributed by atoms with Crippen LogP contribution in [0.3, 0.4) is 0 Å². The number of ether oxygens (including phenoxy) is 4. The molecule has 0 spiro atoms. The molecule has 0 bridgehead atoms. The van der Waals surface area contributed by atoms with Gasteiger partial charge in [-0.1, -0.05) is 37.4 Å². The van der Waals surface area contributed by atoms with E-state index < -0.39 is 43.5 Å². The number of alkyl halides is 2. The summed E-state index contributed by atoms with van der Waals surface area (Å²) >= 11 is 0. The third kappa shape index (κ3) is 13.1. The molecule has 232 valence electrons. The normalized spacial score (nSPS) is 10.9. The van der Waals surface area contributed by atoms with E-state index in [1.54, 1.807) is 36.4 Å². The van der Waals surface area contributed by atoms with Crippen LogP contribution in [-0.2, 0) is 30.4 Å². The molecule has 0 heterocycles. The maximum absolute atomic E-state index is 12.7. The summed E-state index contributed by atoms with van der Waals surface area (Å²) in [5.41, 5.74) is 1.56. The van der Waals surface area contributed by atoms with Gasteiger partial charge >= 0.3 is 24.1 Å². The number of hydrogen-bond acceptors (Lipinski definition) is 9. The van der Waals surface area contributed by atoms with Crippen LogP contribution >= 0.6 is 0 Å². The molecule has 2 amide bonds. The molecule has 0 saturated heterocycles. The van der Waals surface area contributed by atoms with Crippen molar-refractivity contribution in [3.05, 3.63) is 79.4 Å². The van der Waals surface area contributed by atoms with E-state index in [1.807, 2.05) is 0 Å². The molecule has 0 aliphatic heterocycles. The molecular weight excluding hydrogens is 568 g/mol. The largest absolute Gasteiger partial charge is 0.514 e. The first-order chi connectivity index (χ1) is 20.8. The van der Waals surface area contributed by atoms with Gasteiger partial charge in [-0.2, -0.15) is 0 Å². The zero-order valence-electron chi connectivity index (χ0n) is 23.6. The molecule has 0 aliphatic rings. The van der Waals surface area contributed by atoms with E-state index in [2.05, 4.69) is 23.8 Å². The molecule has 0 unspecified atom stereocenters. The van der Waals surface area contributed by atoms with E-state index in [1.165, 1.54) is 29.2 Å². The Balaban J connectivity index is 1.85. The lowest BCUT2D eigenvalue weighted by Crippen LogP contribution is -2.44. The van der Waals surface area contributed by atoms with Crippen LogP contribution in [0, 0.1) is 0 Å². The summed E-state index contributed by atoms with van der Waals surface area (Å²) < 4.78 is 45.5. The number of carbonyl (C=O) groups excluding carboxylic acids is 4. The fraction of sp³-hybridized carbons (Fsp3) is 0.333. The highest BCUT2D eigenvalue weighted by molar-refractivity contribution is 5.92. The minimum absolute atomic E-state index is 0.0281. The van der Waals surface area contributed by atoms with Crippen LogP contribution in [-0.4, -0.2) is 69.8 Å². The summed E-state index contributed by atoms with van der Waals surface area (Å²) in [5.74, 6) is -1.10. The smallest absolute Gasteiger partial charge is 0.461 e. The van der Waals surface area contributed by atoms with Gasteiger partial charge in [-0.25, -0.2) is 23.2 Å². The summed E-state index contributed by atoms with van der Waals surface area (Å²) in [5, 5.41) is 5.05. The molecule has 2 aromatic carbocycles. The Morgan fingerprint density at radius 2 is 1.49 bits per heavy atom. The van der Waals surface area contributed by atoms with Crippen LogP contribution in [0.1, 0.15) is 18.4 Å². The predicted octanol–water partition coefficient (Wildman–Crippen LogP) is 4.88. The number of anilines is 2. The van der Waals surface area contributed by atoms with Crippen molar-refractivity contribution in [2.75, 3.05) is 49.9 Å². The van der Waals surface area contributed by atoms with Crippen LogP contribution in [0.4, 0.5) is 29.7 Å². The molecular formula is C30H35F2N3O8. The standard InChI is InChI=1S/C30H35F2N3O8/c1-3-19-40-27(36)14-13-26(28(37)41-20-4-2)34-29(38)33-23-7-5-22(6-8-23)21-42-30(39)43-25-11-9-24(10-12-25)35(17-15-31)18-16-32/h3-12,26H,1-2,13-21H2,(H2,33,34,38)/t26-/m0/s1. The van der Waals surface area contributed by atoms with Gasteiger partial charge in [-0.15, -0.1) is 0 Å². The lowest BCUT2D eigenvalue weighted by atomic mass is 10.1. The Morgan fingerprint density at radius 1 is 0.860 bits per heavy atom. The number of nitrogens with zero attached hydrogens (tertiary/aromatic N) is 1. The Morgan fingerprint density at radius 3 is 2.09 bits per heavy atom. The minimum atomic E-state index is -1.12. The van der Waals surface area contributed by atoms with Crippen molar-refractivity contribution in [2.45, 2.75) is 25.5 Å². The molecule has 0 saturated carbocycles. The molecule has 11 nitrogen and oxygen atoms in total. The number of amides is 2. The predicted molar refractivity (Wildman–Crippen MR) is 155 cm³/mol. The number of nitrogens with one attached hydrogen (secondary N) is 2. The van der Waals surface area contributed by atoms with E-state index in [4.69, 9.17) is 18.9 Å². The summed E-state index contributed by atoms with van der Waals surface area (Å²) in [7, 11) is 0. The molecule has 0 aromatic heterocycles. The highest BCUT2D eigenvalue weighted by Crippen LogP contribution is 2.20. The summed E-state index contributed by atoms with van der Waals surface area (Å²) in [6.45, 7) is 5.60. The van der Waals surface area contributed by atoms with E-state index in [-0.39, 0.29) is 51.5 Å². The van der Waals surface area contributed by atoms with Gasteiger partial charge in [0.2, 0.25) is 0 Å². The van der Waals surface area contributed by atoms with Crippen LogP contribution < -0.4 is 20.3 Å². The van der Waals surface area contributed by atoms with Gasteiger partial charge < -0.3 is 34.5 Å². The monoisotopic (exact) mass is 603 g/mol. The van der Waals surface area contributed by atoms with Gasteiger partial charge in [0.05, 0.1) is 0 Å². The minimum Gasteiger partial charge on any atom is -0.461 e. The molecule has 13 heteroatoms. The molecule has 2 aromatic rings. The second kappa shape index (κ2) is 19.2. The summed E-state index contributed by atoms with van der Waals surface area (Å²) in [6, 6.07) is 10.6. The Bertz CT molecular complexity index is 1200. The summed E-state index contributed by atoms with van der Waals surface area (Å²) in [4.78, 5) is 50.3. The maximum atomic E-state index is 12.7. The zero-order valence-corrected chi connectivity index (χ0v) is 23.6.